The first kappa shape index (κ1) is 17.0. The van der Waals surface area contributed by atoms with E-state index in [1.807, 2.05) is 0 Å². The third kappa shape index (κ3) is 5.50. The molecule has 114 valence electrons. The predicted octanol–water partition coefficient (Wildman–Crippen LogP) is 2.79. The Morgan fingerprint density at radius 3 is 2.40 bits per heavy atom. The standard InChI is InChI=1S/C13H18F3NO2S/c1-10(17-8-5-9-20(2,18)19)11-6-3-4-7-12(11)13(14,15)16/h3-4,6-7,10,17H,5,8-9H2,1-2H3. The van der Waals surface area contributed by atoms with Gasteiger partial charge in [0.05, 0.1) is 11.3 Å². The average molecular weight is 309 g/mol. The molecule has 0 spiro atoms. The molecule has 20 heavy (non-hydrogen) atoms. The van der Waals surface area contributed by atoms with Gasteiger partial charge in [-0.05, 0) is 31.5 Å². The maximum atomic E-state index is 12.8. The van der Waals surface area contributed by atoms with Crippen LogP contribution in [-0.4, -0.2) is 27.0 Å². The fraction of sp³-hybridized carbons (Fsp3) is 0.538. The third-order valence-electron chi connectivity index (χ3n) is 2.88. The molecule has 0 saturated carbocycles. The van der Waals surface area contributed by atoms with Crippen molar-refractivity contribution in [2.75, 3.05) is 18.6 Å². The second-order valence-electron chi connectivity index (χ2n) is 4.74. The van der Waals surface area contributed by atoms with E-state index in [2.05, 4.69) is 5.32 Å². The second kappa shape index (κ2) is 6.58. The van der Waals surface area contributed by atoms with Crippen LogP contribution in [-0.2, 0) is 16.0 Å². The normalized spacial score (nSPS) is 14.2. The first-order chi connectivity index (χ1) is 9.11. The molecule has 0 fully saturated rings. The van der Waals surface area contributed by atoms with Crippen LogP contribution < -0.4 is 5.32 Å². The first-order valence-electron chi connectivity index (χ1n) is 6.18. The van der Waals surface area contributed by atoms with Crippen LogP contribution >= 0.6 is 0 Å². The Morgan fingerprint density at radius 1 is 1.25 bits per heavy atom. The van der Waals surface area contributed by atoms with Gasteiger partial charge in [0, 0.05) is 12.3 Å². The highest BCUT2D eigenvalue weighted by Gasteiger charge is 2.33. The van der Waals surface area contributed by atoms with Crippen molar-refractivity contribution in [3.63, 3.8) is 0 Å². The highest BCUT2D eigenvalue weighted by molar-refractivity contribution is 7.90. The van der Waals surface area contributed by atoms with Crippen LogP contribution in [0, 0.1) is 0 Å². The predicted molar refractivity (Wildman–Crippen MR) is 72.2 cm³/mol. The van der Waals surface area contributed by atoms with Gasteiger partial charge in [-0.3, -0.25) is 0 Å². The first-order valence-corrected chi connectivity index (χ1v) is 8.24. The van der Waals surface area contributed by atoms with Crippen LogP contribution in [0.1, 0.15) is 30.5 Å². The lowest BCUT2D eigenvalue weighted by Gasteiger charge is -2.19. The van der Waals surface area contributed by atoms with E-state index in [1.165, 1.54) is 12.1 Å². The van der Waals surface area contributed by atoms with Crippen LogP contribution in [0.15, 0.2) is 24.3 Å². The summed E-state index contributed by atoms with van der Waals surface area (Å²) in [5.41, 5.74) is -0.498. The zero-order valence-corrected chi connectivity index (χ0v) is 12.2. The molecule has 0 amide bonds. The summed E-state index contributed by atoms with van der Waals surface area (Å²) in [6, 6.07) is 4.88. The molecule has 0 bridgehead atoms. The van der Waals surface area contributed by atoms with E-state index in [4.69, 9.17) is 0 Å². The molecule has 0 saturated heterocycles. The molecular weight excluding hydrogens is 291 g/mol. The van der Waals surface area contributed by atoms with Gasteiger partial charge >= 0.3 is 6.18 Å². The Hall–Kier alpha value is -1.08. The molecule has 0 radical (unpaired) electrons. The van der Waals surface area contributed by atoms with Crippen LogP contribution in [0.2, 0.25) is 0 Å². The Morgan fingerprint density at radius 2 is 1.85 bits per heavy atom. The van der Waals surface area contributed by atoms with Crippen molar-refractivity contribution in [1.29, 1.82) is 0 Å². The highest BCUT2D eigenvalue weighted by atomic mass is 32.2. The van der Waals surface area contributed by atoms with Crippen LogP contribution in [0.3, 0.4) is 0 Å². The van der Waals surface area contributed by atoms with E-state index in [9.17, 15) is 21.6 Å². The third-order valence-corrected chi connectivity index (χ3v) is 3.91. The largest absolute Gasteiger partial charge is 0.416 e. The SMILES string of the molecule is CC(NCCCS(C)(=O)=O)c1ccccc1C(F)(F)F. The van der Waals surface area contributed by atoms with Crippen LogP contribution in [0.25, 0.3) is 0 Å². The Balaban J connectivity index is 2.67. The van der Waals surface area contributed by atoms with Gasteiger partial charge in [-0.1, -0.05) is 18.2 Å². The fourth-order valence-electron chi connectivity index (χ4n) is 1.90. The van der Waals surface area contributed by atoms with Crippen molar-refractivity contribution in [2.45, 2.75) is 25.6 Å². The van der Waals surface area contributed by atoms with Gasteiger partial charge in [-0.2, -0.15) is 13.2 Å². The molecule has 0 aliphatic heterocycles. The second-order valence-corrected chi connectivity index (χ2v) is 7.00. The Labute approximate surface area is 117 Å². The molecule has 0 heterocycles. The monoisotopic (exact) mass is 309 g/mol. The molecule has 3 nitrogen and oxygen atoms in total. The minimum Gasteiger partial charge on any atom is -0.310 e. The molecule has 0 aliphatic rings. The molecule has 1 atom stereocenters. The molecule has 7 heteroatoms. The summed E-state index contributed by atoms with van der Waals surface area (Å²) in [7, 11) is -3.04. The van der Waals surface area contributed by atoms with E-state index < -0.39 is 27.6 Å². The summed E-state index contributed by atoms with van der Waals surface area (Å²) < 4.78 is 60.4. The van der Waals surface area contributed by atoms with Gasteiger partial charge in [-0.25, -0.2) is 8.42 Å². The Bertz CT molecular complexity index is 541. The summed E-state index contributed by atoms with van der Waals surface area (Å²) in [5.74, 6) is 0.0215. The highest BCUT2D eigenvalue weighted by Crippen LogP contribution is 2.34. The lowest BCUT2D eigenvalue weighted by atomic mass is 10.0. The zero-order chi connectivity index (χ0) is 15.4. The van der Waals surface area contributed by atoms with E-state index in [1.54, 1.807) is 13.0 Å². The van der Waals surface area contributed by atoms with Gasteiger partial charge in [0.2, 0.25) is 0 Å². The maximum Gasteiger partial charge on any atom is 0.416 e. The lowest BCUT2D eigenvalue weighted by Crippen LogP contribution is -2.24. The van der Waals surface area contributed by atoms with Crippen molar-refractivity contribution < 1.29 is 21.6 Å². The quantitative estimate of drug-likeness (QED) is 0.822. The van der Waals surface area contributed by atoms with Gasteiger partial charge in [0.1, 0.15) is 9.84 Å². The average Bonchev–Trinajstić information content (AvgIpc) is 2.32. The minimum atomic E-state index is -4.39. The molecule has 1 N–H and O–H groups in total. The van der Waals surface area contributed by atoms with Gasteiger partial charge in [0.25, 0.3) is 0 Å². The van der Waals surface area contributed by atoms with Crippen molar-refractivity contribution in [3.8, 4) is 0 Å². The van der Waals surface area contributed by atoms with Gasteiger partial charge < -0.3 is 5.32 Å². The molecule has 1 unspecified atom stereocenters. The lowest BCUT2D eigenvalue weighted by molar-refractivity contribution is -0.138. The molecule has 0 aliphatic carbocycles. The van der Waals surface area contributed by atoms with Crippen molar-refractivity contribution in [1.82, 2.24) is 5.32 Å². The fourth-order valence-corrected chi connectivity index (χ4v) is 2.56. The number of sulfone groups is 1. The number of nitrogens with one attached hydrogen (secondary N) is 1. The molecule has 1 rings (SSSR count). The molecule has 1 aromatic rings. The summed E-state index contributed by atoms with van der Waals surface area (Å²) in [6.07, 6.45) is -2.88. The molecule has 1 aromatic carbocycles. The van der Waals surface area contributed by atoms with E-state index in [-0.39, 0.29) is 11.3 Å². The van der Waals surface area contributed by atoms with Crippen molar-refractivity contribution in [3.05, 3.63) is 35.4 Å². The topological polar surface area (TPSA) is 46.2 Å². The number of benzene rings is 1. The van der Waals surface area contributed by atoms with E-state index in [0.717, 1.165) is 12.3 Å². The summed E-state index contributed by atoms with van der Waals surface area (Å²) in [5, 5.41) is 2.92. The summed E-state index contributed by atoms with van der Waals surface area (Å²) >= 11 is 0. The smallest absolute Gasteiger partial charge is 0.310 e. The number of hydrogen-bond donors (Lipinski definition) is 1. The maximum absolute atomic E-state index is 12.8. The number of rotatable bonds is 6. The van der Waals surface area contributed by atoms with Crippen LogP contribution in [0.4, 0.5) is 13.2 Å². The van der Waals surface area contributed by atoms with E-state index >= 15 is 0 Å². The summed E-state index contributed by atoms with van der Waals surface area (Å²) in [6.45, 7) is 1.98. The number of alkyl halides is 3. The van der Waals surface area contributed by atoms with Crippen LogP contribution in [0.5, 0.6) is 0 Å². The number of hydrogen-bond acceptors (Lipinski definition) is 3. The summed E-state index contributed by atoms with van der Waals surface area (Å²) in [4.78, 5) is 0. The number of halogens is 3. The molecule has 0 aromatic heterocycles. The van der Waals surface area contributed by atoms with Crippen molar-refractivity contribution in [2.24, 2.45) is 0 Å². The minimum absolute atomic E-state index is 0.0215. The Kier molecular flexibility index (Phi) is 5.59. The van der Waals surface area contributed by atoms with Gasteiger partial charge in [-0.15, -0.1) is 0 Å². The zero-order valence-electron chi connectivity index (χ0n) is 11.4. The van der Waals surface area contributed by atoms with Crippen molar-refractivity contribution >= 4 is 9.84 Å². The van der Waals surface area contributed by atoms with E-state index in [0.29, 0.717) is 13.0 Å². The molecular formula is C13H18F3NO2S. The van der Waals surface area contributed by atoms with Gasteiger partial charge in [0.15, 0.2) is 0 Å².